The number of aliphatic hydroxyl groups is 2. The molecular weight excluding hydrogens is 242 g/mol. The smallest absolute Gasteiger partial charge is 0.120 e. The van der Waals surface area contributed by atoms with Crippen LogP contribution in [0.3, 0.4) is 0 Å². The van der Waals surface area contributed by atoms with Gasteiger partial charge < -0.3 is 10.2 Å². The van der Waals surface area contributed by atoms with Crippen molar-refractivity contribution < 1.29 is 10.2 Å². The Labute approximate surface area is 105 Å². The maximum atomic E-state index is 10.6. The van der Waals surface area contributed by atoms with Gasteiger partial charge in [0, 0.05) is 12.8 Å². The molecule has 5 atom stereocenters. The Morgan fingerprint density at radius 1 is 0.889 bits per heavy atom. The summed E-state index contributed by atoms with van der Waals surface area (Å²) in [6.45, 7) is 3.00. The first-order chi connectivity index (χ1) is 8.44. The Balaban J connectivity index is 4.42. The van der Waals surface area contributed by atoms with E-state index < -0.39 is 30.3 Å². The molecule has 0 aliphatic heterocycles. The summed E-state index contributed by atoms with van der Waals surface area (Å²) >= 11 is 0. The zero-order valence-electron chi connectivity index (χ0n) is 10.5. The van der Waals surface area contributed by atoms with Gasteiger partial charge in [-0.2, -0.15) is 14.7 Å². The minimum atomic E-state index is -1.14. The maximum absolute atomic E-state index is 10.6. The minimum absolute atomic E-state index is 0.000161. The summed E-state index contributed by atoms with van der Waals surface area (Å²) in [7, 11) is 0. The number of nitroso groups, excluding NO2 is 3. The first-order valence-electron chi connectivity index (χ1n) is 5.78. The average molecular weight is 261 g/mol. The summed E-state index contributed by atoms with van der Waals surface area (Å²) < 4.78 is 0. The molecule has 0 aliphatic rings. The van der Waals surface area contributed by atoms with Crippen molar-refractivity contribution in [1.82, 2.24) is 0 Å². The van der Waals surface area contributed by atoms with Crippen LogP contribution in [0.2, 0.25) is 0 Å². The molecule has 0 saturated heterocycles. The van der Waals surface area contributed by atoms with Crippen molar-refractivity contribution in [2.45, 2.75) is 63.4 Å². The van der Waals surface area contributed by atoms with Gasteiger partial charge in [0.1, 0.15) is 6.04 Å². The highest BCUT2D eigenvalue weighted by Gasteiger charge is 2.27. The molecule has 2 N–H and O–H groups in total. The van der Waals surface area contributed by atoms with E-state index >= 15 is 0 Å². The Bertz CT molecular complexity index is 274. The molecule has 0 aliphatic carbocycles. The predicted molar refractivity (Wildman–Crippen MR) is 66.0 cm³/mol. The van der Waals surface area contributed by atoms with Gasteiger partial charge in [-0.15, -0.1) is 0 Å². The quantitative estimate of drug-likeness (QED) is 0.573. The fraction of sp³-hybridized carbons (Fsp3) is 1.00. The number of hydrogen-bond acceptors (Lipinski definition) is 8. The highest BCUT2D eigenvalue weighted by atomic mass is 16.3. The molecule has 0 radical (unpaired) electrons. The van der Waals surface area contributed by atoms with Crippen LogP contribution in [0.5, 0.6) is 0 Å². The molecule has 104 valence electrons. The fourth-order valence-electron chi connectivity index (χ4n) is 1.67. The van der Waals surface area contributed by atoms with Crippen LogP contribution in [-0.2, 0) is 0 Å². The molecule has 0 saturated carbocycles. The zero-order valence-corrected chi connectivity index (χ0v) is 10.5. The van der Waals surface area contributed by atoms with Crippen LogP contribution in [0, 0.1) is 14.7 Å². The van der Waals surface area contributed by atoms with Gasteiger partial charge >= 0.3 is 0 Å². The number of nitrogens with zero attached hydrogens (tertiary/aromatic N) is 3. The SMILES string of the molecule is CC(O)CC(CC(N=O)C(O)CC(C)N=O)N=O. The van der Waals surface area contributed by atoms with Crippen molar-refractivity contribution >= 4 is 0 Å². The standard InChI is InChI=1S/C10H19N3O5/c1-6(11-16)3-10(15)9(13-18)5-8(12-17)4-7(2)14/h6-10,14-15H,3-5H2,1-2H3. The summed E-state index contributed by atoms with van der Waals surface area (Å²) in [5.74, 6) is 0. The van der Waals surface area contributed by atoms with Crippen LogP contribution >= 0.6 is 0 Å². The van der Waals surface area contributed by atoms with Crippen molar-refractivity contribution in [2.24, 2.45) is 15.5 Å². The Morgan fingerprint density at radius 3 is 1.89 bits per heavy atom. The molecule has 18 heavy (non-hydrogen) atoms. The summed E-state index contributed by atoms with van der Waals surface area (Å²) in [6.07, 6.45) is -1.82. The van der Waals surface area contributed by atoms with Crippen LogP contribution in [0.25, 0.3) is 0 Å². The van der Waals surface area contributed by atoms with Crippen molar-refractivity contribution in [2.75, 3.05) is 0 Å². The molecule has 0 aromatic rings. The minimum Gasteiger partial charge on any atom is -0.393 e. The molecular formula is C10H19N3O5. The lowest BCUT2D eigenvalue weighted by molar-refractivity contribution is 0.115. The van der Waals surface area contributed by atoms with Crippen LogP contribution in [0.4, 0.5) is 0 Å². The molecule has 0 heterocycles. The van der Waals surface area contributed by atoms with E-state index in [2.05, 4.69) is 15.5 Å². The van der Waals surface area contributed by atoms with Gasteiger partial charge in [-0.1, -0.05) is 15.5 Å². The van der Waals surface area contributed by atoms with Crippen molar-refractivity contribution in [1.29, 1.82) is 0 Å². The third-order valence-corrected chi connectivity index (χ3v) is 2.62. The van der Waals surface area contributed by atoms with Crippen molar-refractivity contribution in [3.8, 4) is 0 Å². The lowest BCUT2D eigenvalue weighted by Gasteiger charge is -2.20. The van der Waals surface area contributed by atoms with E-state index in [4.69, 9.17) is 5.11 Å². The second kappa shape index (κ2) is 8.76. The monoisotopic (exact) mass is 261 g/mol. The van der Waals surface area contributed by atoms with Gasteiger partial charge in [0.2, 0.25) is 0 Å². The molecule has 0 fully saturated rings. The highest BCUT2D eigenvalue weighted by Crippen LogP contribution is 2.17. The van der Waals surface area contributed by atoms with Gasteiger partial charge in [-0.05, 0) is 20.3 Å². The van der Waals surface area contributed by atoms with E-state index in [0.717, 1.165) is 0 Å². The Morgan fingerprint density at radius 2 is 1.50 bits per heavy atom. The second-order valence-electron chi connectivity index (χ2n) is 4.51. The molecule has 0 aromatic carbocycles. The lowest BCUT2D eigenvalue weighted by Crippen LogP contribution is -2.31. The fourth-order valence-corrected chi connectivity index (χ4v) is 1.67. The molecule has 8 heteroatoms. The normalized spacial score (nSPS) is 19.3. The van der Waals surface area contributed by atoms with Gasteiger partial charge in [0.05, 0.1) is 24.3 Å². The summed E-state index contributed by atoms with van der Waals surface area (Å²) in [4.78, 5) is 31.4. The van der Waals surface area contributed by atoms with E-state index in [-0.39, 0.29) is 19.3 Å². The first kappa shape index (κ1) is 16.7. The van der Waals surface area contributed by atoms with Crippen LogP contribution in [-0.4, -0.2) is 40.5 Å². The van der Waals surface area contributed by atoms with Gasteiger partial charge in [-0.25, -0.2) is 0 Å². The molecule has 8 nitrogen and oxygen atoms in total. The topological polar surface area (TPSA) is 129 Å². The van der Waals surface area contributed by atoms with Gasteiger partial charge in [0.15, 0.2) is 0 Å². The van der Waals surface area contributed by atoms with E-state index in [1.807, 2.05) is 0 Å². The Hall–Kier alpha value is -1.28. The van der Waals surface area contributed by atoms with E-state index in [1.165, 1.54) is 13.8 Å². The lowest BCUT2D eigenvalue weighted by atomic mass is 9.96. The third-order valence-electron chi connectivity index (χ3n) is 2.62. The van der Waals surface area contributed by atoms with Crippen molar-refractivity contribution in [3.05, 3.63) is 14.7 Å². The molecule has 0 amide bonds. The van der Waals surface area contributed by atoms with Crippen LogP contribution in [0.15, 0.2) is 15.5 Å². The number of rotatable bonds is 10. The maximum Gasteiger partial charge on any atom is 0.120 e. The highest BCUT2D eigenvalue weighted by molar-refractivity contribution is 4.84. The van der Waals surface area contributed by atoms with E-state index in [1.54, 1.807) is 0 Å². The van der Waals surface area contributed by atoms with E-state index in [0.29, 0.717) is 0 Å². The molecule has 5 unspecified atom stereocenters. The molecule has 0 aromatic heterocycles. The molecule has 0 bridgehead atoms. The summed E-state index contributed by atoms with van der Waals surface area (Å²) in [5.41, 5.74) is 0. The third kappa shape index (κ3) is 6.45. The largest absolute Gasteiger partial charge is 0.393 e. The van der Waals surface area contributed by atoms with Crippen molar-refractivity contribution in [3.63, 3.8) is 0 Å². The molecule has 0 spiro atoms. The number of hydrogen-bond donors (Lipinski definition) is 2. The Kier molecular flexibility index (Phi) is 8.14. The first-order valence-corrected chi connectivity index (χ1v) is 5.78. The van der Waals surface area contributed by atoms with Gasteiger partial charge in [0.25, 0.3) is 0 Å². The van der Waals surface area contributed by atoms with Gasteiger partial charge in [-0.3, -0.25) is 0 Å². The second-order valence-corrected chi connectivity index (χ2v) is 4.51. The molecule has 0 rings (SSSR count). The van der Waals surface area contributed by atoms with Crippen LogP contribution < -0.4 is 0 Å². The average Bonchev–Trinajstić information content (AvgIpc) is 2.33. The summed E-state index contributed by atoms with van der Waals surface area (Å²) in [5, 5.41) is 27.1. The number of aliphatic hydroxyl groups excluding tert-OH is 2. The summed E-state index contributed by atoms with van der Waals surface area (Å²) in [6, 6.07) is -2.46. The van der Waals surface area contributed by atoms with E-state index in [9.17, 15) is 19.8 Å². The van der Waals surface area contributed by atoms with Crippen LogP contribution in [0.1, 0.15) is 33.1 Å². The zero-order chi connectivity index (χ0) is 14.1. The predicted octanol–water partition coefficient (Wildman–Crippen LogP) is 1.32.